The van der Waals surface area contributed by atoms with Crippen LogP contribution < -0.4 is 10.1 Å². The van der Waals surface area contributed by atoms with Crippen LogP contribution in [-0.2, 0) is 14.3 Å². The van der Waals surface area contributed by atoms with Gasteiger partial charge in [-0.2, -0.15) is 0 Å². The van der Waals surface area contributed by atoms with Crippen LogP contribution in [0.3, 0.4) is 0 Å². The zero-order chi connectivity index (χ0) is 20.5. The van der Waals surface area contributed by atoms with Gasteiger partial charge in [0.15, 0.2) is 6.10 Å². The van der Waals surface area contributed by atoms with Gasteiger partial charge in [0.2, 0.25) is 0 Å². The third kappa shape index (κ3) is 6.25. The van der Waals surface area contributed by atoms with E-state index in [2.05, 4.69) is 5.32 Å². The van der Waals surface area contributed by atoms with E-state index in [1.165, 1.54) is 0 Å². The summed E-state index contributed by atoms with van der Waals surface area (Å²) in [6, 6.07) is 11.8. The van der Waals surface area contributed by atoms with Crippen LogP contribution in [0, 0.1) is 6.92 Å². The summed E-state index contributed by atoms with van der Waals surface area (Å²) in [6.07, 6.45) is -0.768. The van der Waals surface area contributed by atoms with E-state index < -0.39 is 12.1 Å². The standard InChI is InChI=1S/C21H24ClNO5/c1-4-26-12-13-27-21(25)15(3)28-17-10-8-16(9-11-17)20(24)23-19-7-5-6-18(22)14(19)2/h5-11,15H,4,12-13H2,1-3H3,(H,23,24)/t15-/m1/s1. The molecule has 0 unspecified atom stereocenters. The number of esters is 1. The van der Waals surface area contributed by atoms with Gasteiger partial charge in [0.25, 0.3) is 5.91 Å². The first-order valence-corrected chi connectivity index (χ1v) is 9.37. The first kappa shape index (κ1) is 21.7. The molecule has 1 amide bonds. The fraction of sp³-hybridized carbons (Fsp3) is 0.333. The smallest absolute Gasteiger partial charge is 0.347 e. The molecule has 0 aliphatic carbocycles. The second-order valence-corrected chi connectivity index (χ2v) is 6.42. The lowest BCUT2D eigenvalue weighted by molar-refractivity contribution is -0.152. The lowest BCUT2D eigenvalue weighted by Crippen LogP contribution is -2.27. The summed E-state index contributed by atoms with van der Waals surface area (Å²) in [6.45, 7) is 6.41. The second kappa shape index (κ2) is 10.7. The number of halogens is 1. The van der Waals surface area contributed by atoms with E-state index >= 15 is 0 Å². The van der Waals surface area contributed by atoms with Crippen molar-refractivity contribution in [1.29, 1.82) is 0 Å². The maximum Gasteiger partial charge on any atom is 0.347 e. The molecule has 0 saturated heterocycles. The Morgan fingerprint density at radius 1 is 1.11 bits per heavy atom. The van der Waals surface area contributed by atoms with Crippen molar-refractivity contribution < 1.29 is 23.8 Å². The van der Waals surface area contributed by atoms with Gasteiger partial charge in [-0.05, 0) is 62.7 Å². The summed E-state index contributed by atoms with van der Waals surface area (Å²) in [5.41, 5.74) is 1.91. The third-order valence-corrected chi connectivity index (χ3v) is 4.36. The average Bonchev–Trinajstić information content (AvgIpc) is 2.69. The Labute approximate surface area is 169 Å². The Balaban J connectivity index is 1.91. The van der Waals surface area contributed by atoms with E-state index in [-0.39, 0.29) is 12.5 Å². The molecular formula is C21H24ClNO5. The van der Waals surface area contributed by atoms with Crippen molar-refractivity contribution in [3.63, 3.8) is 0 Å². The summed E-state index contributed by atoms with van der Waals surface area (Å²) in [5.74, 6) is -0.275. The van der Waals surface area contributed by atoms with Crippen molar-refractivity contribution >= 4 is 29.2 Å². The minimum absolute atomic E-state index is 0.183. The third-order valence-electron chi connectivity index (χ3n) is 3.95. The topological polar surface area (TPSA) is 73.9 Å². The van der Waals surface area contributed by atoms with Crippen LogP contribution >= 0.6 is 11.6 Å². The minimum atomic E-state index is -0.768. The lowest BCUT2D eigenvalue weighted by atomic mass is 10.1. The molecule has 0 radical (unpaired) electrons. The Kier molecular flexibility index (Phi) is 8.29. The lowest BCUT2D eigenvalue weighted by Gasteiger charge is -2.14. The predicted molar refractivity (Wildman–Crippen MR) is 108 cm³/mol. The molecule has 0 fully saturated rings. The van der Waals surface area contributed by atoms with Crippen molar-refractivity contribution in [2.24, 2.45) is 0 Å². The summed E-state index contributed by atoms with van der Waals surface area (Å²) in [5, 5.41) is 3.42. The van der Waals surface area contributed by atoms with Gasteiger partial charge in [-0.3, -0.25) is 4.79 Å². The largest absolute Gasteiger partial charge is 0.479 e. The van der Waals surface area contributed by atoms with E-state index in [1.807, 2.05) is 13.8 Å². The zero-order valence-electron chi connectivity index (χ0n) is 16.2. The Morgan fingerprint density at radius 3 is 2.50 bits per heavy atom. The van der Waals surface area contributed by atoms with E-state index in [0.717, 1.165) is 5.56 Å². The molecule has 7 heteroatoms. The highest BCUT2D eigenvalue weighted by atomic mass is 35.5. The number of rotatable bonds is 9. The normalized spacial score (nSPS) is 11.6. The first-order valence-electron chi connectivity index (χ1n) is 9.00. The van der Waals surface area contributed by atoms with Crippen LogP contribution in [0.2, 0.25) is 5.02 Å². The quantitative estimate of drug-likeness (QED) is 0.498. The van der Waals surface area contributed by atoms with Crippen molar-refractivity contribution in [2.45, 2.75) is 26.9 Å². The summed E-state index contributed by atoms with van der Waals surface area (Å²) in [4.78, 5) is 24.3. The molecule has 2 aromatic rings. The Morgan fingerprint density at radius 2 is 1.82 bits per heavy atom. The molecule has 1 atom stereocenters. The molecule has 0 aliphatic rings. The van der Waals surface area contributed by atoms with Gasteiger partial charge in [-0.1, -0.05) is 17.7 Å². The molecule has 0 bridgehead atoms. The number of nitrogens with one attached hydrogen (secondary N) is 1. The van der Waals surface area contributed by atoms with Gasteiger partial charge in [-0.25, -0.2) is 4.79 Å². The number of anilines is 1. The number of ether oxygens (including phenoxy) is 3. The second-order valence-electron chi connectivity index (χ2n) is 6.02. The molecule has 2 rings (SSSR count). The molecule has 2 aromatic carbocycles. The van der Waals surface area contributed by atoms with Gasteiger partial charge in [0.1, 0.15) is 12.4 Å². The molecule has 6 nitrogen and oxygen atoms in total. The molecule has 0 saturated carbocycles. The molecule has 0 heterocycles. The molecule has 150 valence electrons. The average molecular weight is 406 g/mol. The molecule has 28 heavy (non-hydrogen) atoms. The van der Waals surface area contributed by atoms with Crippen LogP contribution in [0.4, 0.5) is 5.69 Å². The van der Waals surface area contributed by atoms with Crippen molar-refractivity contribution in [3.8, 4) is 5.75 Å². The van der Waals surface area contributed by atoms with Crippen LogP contribution in [0.1, 0.15) is 29.8 Å². The molecule has 1 N–H and O–H groups in total. The van der Waals surface area contributed by atoms with Gasteiger partial charge >= 0.3 is 5.97 Å². The number of carbonyl (C=O) groups is 2. The van der Waals surface area contributed by atoms with Crippen LogP contribution in [0.5, 0.6) is 5.75 Å². The number of hydrogen-bond donors (Lipinski definition) is 1. The van der Waals surface area contributed by atoms with Crippen molar-refractivity contribution in [1.82, 2.24) is 0 Å². The maximum absolute atomic E-state index is 12.4. The number of carbonyl (C=O) groups excluding carboxylic acids is 2. The minimum Gasteiger partial charge on any atom is -0.479 e. The number of amides is 1. The molecular weight excluding hydrogens is 382 g/mol. The summed E-state index contributed by atoms with van der Waals surface area (Å²) < 4.78 is 15.7. The summed E-state index contributed by atoms with van der Waals surface area (Å²) >= 11 is 6.07. The van der Waals surface area contributed by atoms with Gasteiger partial charge < -0.3 is 19.5 Å². The maximum atomic E-state index is 12.4. The van der Waals surface area contributed by atoms with E-state index in [9.17, 15) is 9.59 Å². The SMILES string of the molecule is CCOCCOC(=O)[C@@H](C)Oc1ccc(C(=O)Nc2cccc(Cl)c2C)cc1. The molecule has 0 aromatic heterocycles. The summed E-state index contributed by atoms with van der Waals surface area (Å²) in [7, 11) is 0. The Bertz CT molecular complexity index is 807. The van der Waals surface area contributed by atoms with Crippen LogP contribution in [-0.4, -0.2) is 37.8 Å². The van der Waals surface area contributed by atoms with E-state index in [1.54, 1.807) is 49.4 Å². The highest BCUT2D eigenvalue weighted by Crippen LogP contribution is 2.24. The van der Waals surface area contributed by atoms with Crippen molar-refractivity contribution in [2.75, 3.05) is 25.1 Å². The fourth-order valence-electron chi connectivity index (χ4n) is 2.34. The fourth-order valence-corrected chi connectivity index (χ4v) is 2.51. The van der Waals surface area contributed by atoms with Crippen LogP contribution in [0.15, 0.2) is 42.5 Å². The van der Waals surface area contributed by atoms with Gasteiger partial charge in [-0.15, -0.1) is 0 Å². The predicted octanol–water partition coefficient (Wildman–Crippen LogP) is 4.25. The van der Waals surface area contributed by atoms with Crippen molar-refractivity contribution in [3.05, 3.63) is 58.6 Å². The van der Waals surface area contributed by atoms with E-state index in [0.29, 0.717) is 35.2 Å². The zero-order valence-corrected chi connectivity index (χ0v) is 16.9. The van der Waals surface area contributed by atoms with Gasteiger partial charge in [0, 0.05) is 22.9 Å². The number of benzene rings is 2. The molecule has 0 aliphatic heterocycles. The first-order chi connectivity index (χ1) is 13.4. The highest BCUT2D eigenvalue weighted by Gasteiger charge is 2.16. The molecule has 0 spiro atoms. The Hall–Kier alpha value is -2.57. The van der Waals surface area contributed by atoms with E-state index in [4.69, 9.17) is 25.8 Å². The van der Waals surface area contributed by atoms with Crippen LogP contribution in [0.25, 0.3) is 0 Å². The monoisotopic (exact) mass is 405 g/mol. The highest BCUT2D eigenvalue weighted by molar-refractivity contribution is 6.31. The van der Waals surface area contributed by atoms with Gasteiger partial charge in [0.05, 0.1) is 6.61 Å². The number of hydrogen-bond acceptors (Lipinski definition) is 5.